The molecule has 0 spiro atoms. The summed E-state index contributed by atoms with van der Waals surface area (Å²) >= 11 is 0. The van der Waals surface area contributed by atoms with Crippen molar-refractivity contribution in [3.63, 3.8) is 0 Å². The normalized spacial score (nSPS) is 19.5. The van der Waals surface area contributed by atoms with Crippen molar-refractivity contribution >= 4 is 0 Å². The van der Waals surface area contributed by atoms with Crippen molar-refractivity contribution < 1.29 is 9.13 Å². The van der Waals surface area contributed by atoms with Gasteiger partial charge in [-0.25, -0.2) is 4.39 Å². The number of nitrogens with two attached hydrogens (primary N) is 1. The number of rotatable bonds is 3. The van der Waals surface area contributed by atoms with E-state index in [0.717, 1.165) is 43.9 Å². The molecule has 1 aliphatic heterocycles. The number of ether oxygens (including phenoxy) is 1. The van der Waals surface area contributed by atoms with E-state index in [-0.39, 0.29) is 11.9 Å². The predicted molar refractivity (Wildman–Crippen MR) is 69.9 cm³/mol. The number of aryl methyl sites for hydroxylation is 1. The molecule has 4 heteroatoms. The van der Waals surface area contributed by atoms with E-state index in [1.807, 2.05) is 13.0 Å². The van der Waals surface area contributed by atoms with Crippen molar-refractivity contribution in [2.75, 3.05) is 32.8 Å². The van der Waals surface area contributed by atoms with E-state index in [1.54, 1.807) is 6.07 Å². The van der Waals surface area contributed by atoms with Crippen molar-refractivity contribution in [3.8, 4) is 0 Å². The van der Waals surface area contributed by atoms with Crippen LogP contribution in [0.1, 0.15) is 23.6 Å². The van der Waals surface area contributed by atoms with Gasteiger partial charge in [-0.2, -0.15) is 0 Å². The summed E-state index contributed by atoms with van der Waals surface area (Å²) in [5.41, 5.74) is 7.99. The van der Waals surface area contributed by atoms with Gasteiger partial charge in [0.05, 0.1) is 6.61 Å². The quantitative estimate of drug-likeness (QED) is 0.892. The first-order valence-corrected chi connectivity index (χ1v) is 6.50. The maximum atomic E-state index is 13.4. The summed E-state index contributed by atoms with van der Waals surface area (Å²) < 4.78 is 18.9. The fourth-order valence-corrected chi connectivity index (χ4v) is 2.52. The maximum absolute atomic E-state index is 13.4. The van der Waals surface area contributed by atoms with Crippen LogP contribution in [-0.4, -0.2) is 37.7 Å². The molecule has 3 nitrogen and oxygen atoms in total. The monoisotopic (exact) mass is 252 g/mol. The van der Waals surface area contributed by atoms with E-state index in [2.05, 4.69) is 4.90 Å². The van der Waals surface area contributed by atoms with E-state index in [1.165, 1.54) is 6.07 Å². The maximum Gasteiger partial charge on any atom is 0.123 e. The largest absolute Gasteiger partial charge is 0.380 e. The van der Waals surface area contributed by atoms with Crippen LogP contribution in [0.25, 0.3) is 0 Å². The van der Waals surface area contributed by atoms with Crippen LogP contribution in [0, 0.1) is 12.7 Å². The number of hydrogen-bond acceptors (Lipinski definition) is 3. The molecule has 0 bridgehead atoms. The first kappa shape index (κ1) is 13.5. The first-order valence-electron chi connectivity index (χ1n) is 6.50. The number of hydrogen-bond donors (Lipinski definition) is 1. The fourth-order valence-electron chi connectivity index (χ4n) is 2.52. The predicted octanol–water partition coefficient (Wildman–Crippen LogP) is 1.86. The molecule has 2 rings (SSSR count). The number of halogens is 1. The first-order chi connectivity index (χ1) is 8.72. The Balaban J connectivity index is 2.23. The second-order valence-electron chi connectivity index (χ2n) is 4.75. The van der Waals surface area contributed by atoms with Crippen LogP contribution in [0.2, 0.25) is 0 Å². The van der Waals surface area contributed by atoms with E-state index in [0.29, 0.717) is 6.54 Å². The molecule has 100 valence electrons. The van der Waals surface area contributed by atoms with Gasteiger partial charge < -0.3 is 10.5 Å². The molecule has 1 unspecified atom stereocenters. The summed E-state index contributed by atoms with van der Waals surface area (Å²) in [6, 6.07) is 5.01. The van der Waals surface area contributed by atoms with Crippen molar-refractivity contribution in [1.82, 2.24) is 4.90 Å². The third kappa shape index (κ3) is 3.07. The zero-order chi connectivity index (χ0) is 13.0. The molecule has 0 saturated carbocycles. The highest BCUT2D eigenvalue weighted by Crippen LogP contribution is 2.24. The number of benzene rings is 1. The van der Waals surface area contributed by atoms with E-state index >= 15 is 0 Å². The molecule has 18 heavy (non-hydrogen) atoms. The lowest BCUT2D eigenvalue weighted by molar-refractivity contribution is 0.132. The Labute approximate surface area is 108 Å². The van der Waals surface area contributed by atoms with Crippen molar-refractivity contribution in [2.24, 2.45) is 5.73 Å². The average Bonchev–Trinajstić information content (AvgIpc) is 2.64. The average molecular weight is 252 g/mol. The van der Waals surface area contributed by atoms with Gasteiger partial charge in [-0.05, 0) is 36.6 Å². The zero-order valence-corrected chi connectivity index (χ0v) is 10.9. The molecule has 1 heterocycles. The van der Waals surface area contributed by atoms with Gasteiger partial charge in [0.25, 0.3) is 0 Å². The summed E-state index contributed by atoms with van der Waals surface area (Å²) in [4.78, 5) is 2.30. The van der Waals surface area contributed by atoms with Crippen LogP contribution >= 0.6 is 0 Å². The van der Waals surface area contributed by atoms with Crippen LogP contribution in [0.15, 0.2) is 18.2 Å². The Morgan fingerprint density at radius 2 is 2.22 bits per heavy atom. The second kappa shape index (κ2) is 6.27. The summed E-state index contributed by atoms with van der Waals surface area (Å²) in [7, 11) is 0. The summed E-state index contributed by atoms with van der Waals surface area (Å²) in [5.74, 6) is -0.194. The third-order valence-electron chi connectivity index (χ3n) is 3.52. The van der Waals surface area contributed by atoms with E-state index < -0.39 is 0 Å². The van der Waals surface area contributed by atoms with Crippen molar-refractivity contribution in [2.45, 2.75) is 19.4 Å². The SMILES string of the molecule is Cc1ccc(F)cc1C(CN)N1CCCOCC1. The fraction of sp³-hybridized carbons (Fsp3) is 0.571. The molecule has 0 radical (unpaired) electrons. The van der Waals surface area contributed by atoms with Gasteiger partial charge in [0, 0.05) is 32.3 Å². The van der Waals surface area contributed by atoms with Crippen LogP contribution in [0.5, 0.6) is 0 Å². The molecule has 1 aromatic rings. The topological polar surface area (TPSA) is 38.5 Å². The molecule has 0 amide bonds. The molecule has 2 N–H and O–H groups in total. The summed E-state index contributed by atoms with van der Waals surface area (Å²) in [5, 5.41) is 0. The van der Waals surface area contributed by atoms with E-state index in [9.17, 15) is 4.39 Å². The van der Waals surface area contributed by atoms with Crippen LogP contribution in [-0.2, 0) is 4.74 Å². The van der Waals surface area contributed by atoms with Crippen LogP contribution in [0.4, 0.5) is 4.39 Å². The minimum atomic E-state index is -0.194. The van der Waals surface area contributed by atoms with Gasteiger partial charge in [0.2, 0.25) is 0 Å². The van der Waals surface area contributed by atoms with Gasteiger partial charge in [-0.1, -0.05) is 6.07 Å². The van der Waals surface area contributed by atoms with Crippen molar-refractivity contribution in [1.29, 1.82) is 0 Å². The van der Waals surface area contributed by atoms with Gasteiger partial charge in [-0.3, -0.25) is 4.90 Å². The van der Waals surface area contributed by atoms with E-state index in [4.69, 9.17) is 10.5 Å². The Hall–Kier alpha value is -0.970. The van der Waals surface area contributed by atoms with Crippen LogP contribution < -0.4 is 5.73 Å². The Bertz CT molecular complexity index is 389. The van der Waals surface area contributed by atoms with Gasteiger partial charge in [0.1, 0.15) is 5.82 Å². The van der Waals surface area contributed by atoms with Gasteiger partial charge in [-0.15, -0.1) is 0 Å². The van der Waals surface area contributed by atoms with Gasteiger partial charge in [0.15, 0.2) is 0 Å². The molecular weight excluding hydrogens is 231 g/mol. The highest BCUT2D eigenvalue weighted by molar-refractivity contribution is 5.30. The lowest BCUT2D eigenvalue weighted by atomic mass is 9.99. The molecule has 0 aliphatic carbocycles. The minimum absolute atomic E-state index is 0.0856. The van der Waals surface area contributed by atoms with Crippen molar-refractivity contribution in [3.05, 3.63) is 35.1 Å². The number of nitrogens with zero attached hydrogens (tertiary/aromatic N) is 1. The molecular formula is C14H21FN2O. The zero-order valence-electron chi connectivity index (χ0n) is 10.9. The minimum Gasteiger partial charge on any atom is -0.380 e. The summed E-state index contributed by atoms with van der Waals surface area (Å²) in [6.07, 6.45) is 1.00. The lowest BCUT2D eigenvalue weighted by Crippen LogP contribution is -2.36. The molecule has 1 saturated heterocycles. The summed E-state index contributed by atoms with van der Waals surface area (Å²) in [6.45, 7) is 5.85. The highest BCUT2D eigenvalue weighted by Gasteiger charge is 2.22. The Morgan fingerprint density at radius 1 is 1.39 bits per heavy atom. The molecule has 1 fully saturated rings. The molecule has 1 aromatic carbocycles. The lowest BCUT2D eigenvalue weighted by Gasteiger charge is -2.30. The third-order valence-corrected chi connectivity index (χ3v) is 3.52. The highest BCUT2D eigenvalue weighted by atomic mass is 19.1. The standard InChI is InChI=1S/C14H21FN2O/c1-11-3-4-12(15)9-13(11)14(10-16)17-5-2-7-18-8-6-17/h3-4,9,14H,2,5-8,10,16H2,1H3. The smallest absolute Gasteiger partial charge is 0.123 e. The Kier molecular flexibility index (Phi) is 4.69. The van der Waals surface area contributed by atoms with Crippen LogP contribution in [0.3, 0.4) is 0 Å². The molecule has 1 aliphatic rings. The molecule has 1 atom stereocenters. The Morgan fingerprint density at radius 3 is 3.00 bits per heavy atom. The molecule has 0 aromatic heterocycles. The van der Waals surface area contributed by atoms with Gasteiger partial charge >= 0.3 is 0 Å². The second-order valence-corrected chi connectivity index (χ2v) is 4.75.